The quantitative estimate of drug-likeness (QED) is 0.733. The van der Waals surface area contributed by atoms with E-state index in [1.54, 1.807) is 26.1 Å². The molecule has 4 heterocycles. The van der Waals surface area contributed by atoms with Gasteiger partial charge in [0.25, 0.3) is 5.91 Å². The number of pyridine rings is 1. The Morgan fingerprint density at radius 2 is 2.27 bits per heavy atom. The van der Waals surface area contributed by atoms with Crippen molar-refractivity contribution in [3.8, 4) is 5.69 Å². The maximum Gasteiger partial charge on any atom is 0.273 e. The van der Waals surface area contributed by atoms with Crippen LogP contribution in [-0.2, 0) is 6.50 Å². The zero-order chi connectivity index (χ0) is 22.6. The Morgan fingerprint density at radius 3 is 3.12 bits per heavy atom. The summed E-state index contributed by atoms with van der Waals surface area (Å²) in [6.45, 7) is -2.80. The predicted octanol–water partition coefficient (Wildman–Crippen LogP) is 1.42. The lowest BCUT2D eigenvalue weighted by molar-refractivity contribution is 0.0958. The second-order valence-corrected chi connectivity index (χ2v) is 5.65. The van der Waals surface area contributed by atoms with Crippen LogP contribution >= 0.6 is 0 Å². The number of fused-ring (bicyclic) bond motifs is 3. The average molecular weight is 355 g/mol. The van der Waals surface area contributed by atoms with Gasteiger partial charge in [-0.15, -0.1) is 5.10 Å². The van der Waals surface area contributed by atoms with Crippen molar-refractivity contribution in [2.75, 3.05) is 24.2 Å². The molecule has 1 aliphatic heterocycles. The summed E-state index contributed by atoms with van der Waals surface area (Å²) in [6.07, 6.45) is 2.86. The molecule has 3 aromatic rings. The SMILES string of the molecule is [2H]C([2H])([2H])NC(=O)c1nnccc1Nc1nccc2c1N(C)C([2H])([2H])c1cc(C)nn1-2. The molecule has 9 heteroatoms. The second kappa shape index (κ2) is 6.10. The number of nitrogens with one attached hydrogen (secondary N) is 2. The number of amides is 1. The molecule has 0 saturated heterocycles. The number of aromatic nitrogens is 5. The molecule has 1 aliphatic rings. The van der Waals surface area contributed by atoms with Gasteiger partial charge in [-0.05, 0) is 25.1 Å². The zero-order valence-corrected chi connectivity index (χ0v) is 14.0. The maximum atomic E-state index is 12.4. The molecule has 0 bridgehead atoms. The largest absolute Gasteiger partial charge is 0.364 e. The van der Waals surface area contributed by atoms with Gasteiger partial charge in [0.05, 0.1) is 38.2 Å². The Labute approximate surface area is 157 Å². The van der Waals surface area contributed by atoms with Crippen LogP contribution in [0.4, 0.5) is 17.2 Å². The third kappa shape index (κ3) is 2.53. The molecule has 0 saturated carbocycles. The van der Waals surface area contributed by atoms with Gasteiger partial charge in [0.2, 0.25) is 0 Å². The minimum absolute atomic E-state index is 0.161. The van der Waals surface area contributed by atoms with E-state index < -0.39 is 19.4 Å². The van der Waals surface area contributed by atoms with Gasteiger partial charge < -0.3 is 15.5 Å². The molecule has 1 amide bonds. The van der Waals surface area contributed by atoms with Crippen LogP contribution < -0.4 is 15.5 Å². The summed E-state index contributed by atoms with van der Waals surface area (Å²) in [4.78, 5) is 18.1. The van der Waals surface area contributed by atoms with Crippen LogP contribution in [-0.4, -0.2) is 44.9 Å². The summed E-state index contributed by atoms with van der Waals surface area (Å²) in [5.41, 5.74) is 1.95. The van der Waals surface area contributed by atoms with Gasteiger partial charge >= 0.3 is 0 Å². The molecule has 132 valence electrons. The summed E-state index contributed by atoms with van der Waals surface area (Å²) in [5.74, 6) is -0.701. The molecular formula is C17H18N8O. The molecule has 0 aromatic carbocycles. The van der Waals surface area contributed by atoms with Gasteiger partial charge in [0.1, 0.15) is 5.69 Å². The summed E-state index contributed by atoms with van der Waals surface area (Å²) in [5, 5.41) is 16.7. The summed E-state index contributed by atoms with van der Waals surface area (Å²) >= 11 is 0. The first-order valence-electron chi connectivity index (χ1n) is 10.2. The average Bonchev–Trinajstić information content (AvgIpc) is 3.08. The number of aryl methyl sites for hydroxylation is 1. The van der Waals surface area contributed by atoms with E-state index in [0.29, 0.717) is 22.8 Å². The van der Waals surface area contributed by atoms with E-state index in [-0.39, 0.29) is 17.2 Å². The van der Waals surface area contributed by atoms with Crippen molar-refractivity contribution < 1.29 is 11.6 Å². The molecule has 9 nitrogen and oxygen atoms in total. The molecular weight excluding hydrogens is 332 g/mol. The first kappa shape index (κ1) is 11.2. The summed E-state index contributed by atoms with van der Waals surface area (Å²) < 4.78 is 40.4. The van der Waals surface area contributed by atoms with E-state index >= 15 is 0 Å². The number of rotatable bonds is 3. The van der Waals surface area contributed by atoms with E-state index in [1.165, 1.54) is 28.0 Å². The van der Waals surface area contributed by atoms with Gasteiger partial charge in [0, 0.05) is 24.3 Å². The Morgan fingerprint density at radius 1 is 1.38 bits per heavy atom. The third-order valence-corrected chi connectivity index (χ3v) is 3.88. The molecule has 0 spiro atoms. The van der Waals surface area contributed by atoms with Crippen LogP contribution in [0.5, 0.6) is 0 Å². The lowest BCUT2D eigenvalue weighted by Crippen LogP contribution is -2.27. The second-order valence-electron chi connectivity index (χ2n) is 5.65. The van der Waals surface area contributed by atoms with Crippen LogP contribution in [0.15, 0.2) is 30.6 Å². The fourth-order valence-electron chi connectivity index (χ4n) is 2.81. The van der Waals surface area contributed by atoms with E-state index in [0.717, 1.165) is 0 Å². The topological polar surface area (TPSA) is 101 Å². The van der Waals surface area contributed by atoms with Gasteiger partial charge in [-0.1, -0.05) is 0 Å². The molecule has 3 aromatic heterocycles. The standard InChI is InChI=1S/C17H18N8O/c1-10-8-11-9-24(3)15-13(25(11)23-10)5-6-19-16(15)21-12-4-7-20-22-14(12)17(26)18-2/h4-8H,9H2,1-3H3,(H,18,26)(H,19,20,21)/i2D3,9D2. The minimum atomic E-state index is -2.69. The van der Waals surface area contributed by atoms with Crippen molar-refractivity contribution in [1.82, 2.24) is 30.3 Å². The highest BCUT2D eigenvalue weighted by Crippen LogP contribution is 2.37. The highest BCUT2D eigenvalue weighted by Gasteiger charge is 2.25. The monoisotopic (exact) mass is 355 g/mol. The molecule has 2 N–H and O–H groups in total. The molecule has 0 aliphatic carbocycles. The van der Waals surface area contributed by atoms with Crippen LogP contribution in [0.1, 0.15) is 28.7 Å². The minimum Gasteiger partial charge on any atom is -0.364 e. The fraction of sp³-hybridized carbons (Fsp3) is 0.235. The van der Waals surface area contributed by atoms with Crippen molar-refractivity contribution >= 4 is 23.1 Å². The Bertz CT molecular complexity index is 1180. The van der Waals surface area contributed by atoms with Crippen molar-refractivity contribution in [3.05, 3.63) is 47.7 Å². The summed E-state index contributed by atoms with van der Waals surface area (Å²) in [7, 11) is 1.59. The van der Waals surface area contributed by atoms with Crippen molar-refractivity contribution in [3.63, 3.8) is 0 Å². The fourth-order valence-corrected chi connectivity index (χ4v) is 2.81. The molecule has 0 fully saturated rings. The van der Waals surface area contributed by atoms with E-state index in [9.17, 15) is 4.79 Å². The summed E-state index contributed by atoms with van der Waals surface area (Å²) in [6, 6.07) is 4.83. The highest BCUT2D eigenvalue weighted by molar-refractivity contribution is 5.98. The number of carbonyl (C=O) groups excluding carboxylic acids is 1. The highest BCUT2D eigenvalue weighted by atomic mass is 16.1. The lowest BCUT2D eigenvalue weighted by atomic mass is 10.2. The smallest absolute Gasteiger partial charge is 0.273 e. The molecule has 26 heavy (non-hydrogen) atoms. The van der Waals surface area contributed by atoms with Crippen LogP contribution in [0.25, 0.3) is 5.69 Å². The molecule has 0 radical (unpaired) electrons. The van der Waals surface area contributed by atoms with E-state index in [4.69, 9.17) is 6.85 Å². The van der Waals surface area contributed by atoms with Crippen molar-refractivity contribution in [2.45, 2.75) is 13.4 Å². The van der Waals surface area contributed by atoms with Gasteiger partial charge in [-0.25, -0.2) is 9.67 Å². The normalized spacial score (nSPS) is 17.6. The number of hydrogen-bond acceptors (Lipinski definition) is 7. The first-order chi connectivity index (χ1) is 14.5. The number of anilines is 3. The number of nitrogens with zero attached hydrogens (tertiary/aromatic N) is 6. The maximum absolute atomic E-state index is 12.4. The van der Waals surface area contributed by atoms with Gasteiger partial charge in [-0.2, -0.15) is 10.2 Å². The zero-order valence-electron chi connectivity index (χ0n) is 19.0. The van der Waals surface area contributed by atoms with Crippen molar-refractivity contribution in [1.29, 1.82) is 0 Å². The number of hydrogen-bond donors (Lipinski definition) is 2. The molecule has 0 unspecified atom stereocenters. The van der Waals surface area contributed by atoms with E-state index in [2.05, 4.69) is 25.6 Å². The van der Waals surface area contributed by atoms with Crippen molar-refractivity contribution in [2.24, 2.45) is 0 Å². The van der Waals surface area contributed by atoms with Crippen LogP contribution in [0.3, 0.4) is 0 Å². The Balaban J connectivity index is 1.80. The predicted molar refractivity (Wildman–Crippen MR) is 96.9 cm³/mol. The van der Waals surface area contributed by atoms with Gasteiger partial charge in [0.15, 0.2) is 11.5 Å². The lowest BCUT2D eigenvalue weighted by Gasteiger charge is -2.29. The number of carbonyl (C=O) groups is 1. The molecule has 0 atom stereocenters. The van der Waals surface area contributed by atoms with Gasteiger partial charge in [-0.3, -0.25) is 4.79 Å². The Hall–Kier alpha value is -3.49. The van der Waals surface area contributed by atoms with E-state index in [1.807, 2.05) is 5.32 Å². The van der Waals surface area contributed by atoms with Crippen LogP contribution in [0.2, 0.25) is 0 Å². The van der Waals surface area contributed by atoms with Crippen LogP contribution in [0, 0.1) is 6.92 Å². The first-order valence-corrected chi connectivity index (χ1v) is 7.70. The Kier molecular flexibility index (Phi) is 2.63. The third-order valence-electron chi connectivity index (χ3n) is 3.88. The molecule has 4 rings (SSSR count).